The molecule has 0 saturated carbocycles. The Morgan fingerprint density at radius 2 is 1.00 bits per heavy atom. The molecule has 0 heterocycles. The molecule has 0 aliphatic heterocycles. The molecule has 0 N–H and O–H groups in total. The van der Waals surface area contributed by atoms with E-state index < -0.39 is 55.4 Å². The summed E-state index contributed by atoms with van der Waals surface area (Å²) in [5, 5.41) is 0. The molecule has 0 atom stereocenters. The van der Waals surface area contributed by atoms with Gasteiger partial charge in [0.05, 0.1) is 0 Å². The van der Waals surface area contributed by atoms with Gasteiger partial charge in [-0.2, -0.15) is 52.7 Å². The second-order valence-electron chi connectivity index (χ2n) is 5.69. The summed E-state index contributed by atoms with van der Waals surface area (Å²) in [4.78, 5) is 0. The zero-order valence-electron chi connectivity index (χ0n) is 15.0. The molecule has 2 nitrogen and oxygen atoms in total. The largest absolute Gasteiger partial charge is 0.426 e. The number of hydrogen-bond acceptors (Lipinski definition) is 2. The maximum atomic E-state index is 12.4. The van der Waals surface area contributed by atoms with Gasteiger partial charge in [-0.25, -0.2) is 0 Å². The predicted molar refractivity (Wildman–Crippen MR) is 77.6 cm³/mol. The molecule has 0 aromatic carbocycles. The van der Waals surface area contributed by atoms with E-state index >= 15 is 0 Å². The number of hydrogen-bond donors (Lipinski definition) is 0. The van der Waals surface area contributed by atoms with Gasteiger partial charge in [-0.1, -0.05) is 12.2 Å². The lowest BCUT2D eigenvalue weighted by molar-refractivity contribution is -0.390. The third kappa shape index (κ3) is 7.08. The second-order valence-corrected chi connectivity index (χ2v) is 5.69. The van der Waals surface area contributed by atoms with E-state index in [4.69, 9.17) is 0 Å². The van der Waals surface area contributed by atoms with Gasteiger partial charge in [0.15, 0.2) is 5.41 Å². The van der Waals surface area contributed by atoms with Crippen LogP contribution in [0.4, 0.5) is 52.7 Å². The van der Waals surface area contributed by atoms with E-state index in [1.54, 1.807) is 0 Å². The molecule has 0 saturated heterocycles. The highest BCUT2D eigenvalue weighted by Gasteiger charge is 2.71. The minimum Gasteiger partial charge on any atom is -0.359 e. The van der Waals surface area contributed by atoms with Crippen LogP contribution in [-0.4, -0.2) is 44.2 Å². The van der Waals surface area contributed by atoms with Crippen LogP contribution in [-0.2, 0) is 9.47 Å². The highest BCUT2D eigenvalue weighted by Crippen LogP contribution is 2.52. The molecule has 0 aromatic rings. The third-order valence-electron chi connectivity index (χ3n) is 3.57. The molecule has 174 valence electrons. The molecule has 0 aliphatic rings. The van der Waals surface area contributed by atoms with E-state index in [0.29, 0.717) is 12.2 Å². The van der Waals surface area contributed by atoms with Crippen molar-refractivity contribution in [1.29, 1.82) is 0 Å². The first-order valence-electron chi connectivity index (χ1n) is 7.30. The van der Waals surface area contributed by atoms with Crippen molar-refractivity contribution < 1.29 is 62.2 Å². The Morgan fingerprint density at radius 3 is 1.17 bits per heavy atom. The standard InChI is InChI=1S/C8H10F6O2.C7H8F6/c1-3-4-6(7(9,10)11,8(12,13)14)16-5-15-2;1-3-4-5(2,6(8,9)10)7(11,12)13/h3H,1,4-5H2,2H3;3H,1,4H2,2H3. The number of methoxy groups -OCH3 is 1. The summed E-state index contributed by atoms with van der Waals surface area (Å²) >= 11 is 0. The number of allylic oxidation sites excluding steroid dienone is 1. The van der Waals surface area contributed by atoms with E-state index in [1.807, 2.05) is 0 Å². The van der Waals surface area contributed by atoms with Gasteiger partial charge in [-0.3, -0.25) is 0 Å². The SMILES string of the molecule is C=CCC(C)(C(F)(F)F)C(F)(F)F.C=CCC(OCOC)(C(F)(F)F)C(F)(F)F. The molecule has 0 spiro atoms. The van der Waals surface area contributed by atoms with Gasteiger partial charge in [0.2, 0.25) is 0 Å². The second kappa shape index (κ2) is 10.0. The van der Waals surface area contributed by atoms with Gasteiger partial charge in [0.1, 0.15) is 6.79 Å². The van der Waals surface area contributed by atoms with E-state index in [2.05, 4.69) is 22.6 Å². The molecule has 0 radical (unpaired) electrons. The van der Waals surface area contributed by atoms with Crippen molar-refractivity contribution in [3.05, 3.63) is 25.3 Å². The van der Waals surface area contributed by atoms with Crippen LogP contribution in [0.3, 0.4) is 0 Å². The summed E-state index contributed by atoms with van der Waals surface area (Å²) in [7, 11) is 0.922. The van der Waals surface area contributed by atoms with Crippen LogP contribution in [0.1, 0.15) is 19.8 Å². The van der Waals surface area contributed by atoms with Crippen LogP contribution in [0.2, 0.25) is 0 Å². The summed E-state index contributed by atoms with van der Waals surface area (Å²) in [6, 6.07) is 0. The molecule has 0 aliphatic carbocycles. The van der Waals surface area contributed by atoms with Crippen molar-refractivity contribution in [2.45, 2.75) is 50.1 Å². The van der Waals surface area contributed by atoms with E-state index in [-0.39, 0.29) is 6.92 Å². The van der Waals surface area contributed by atoms with E-state index in [0.717, 1.165) is 7.11 Å². The lowest BCUT2D eigenvalue weighted by Crippen LogP contribution is -2.58. The van der Waals surface area contributed by atoms with Crippen molar-refractivity contribution in [3.8, 4) is 0 Å². The molecular formula is C15H18F12O2. The molecule has 29 heavy (non-hydrogen) atoms. The molecule has 0 bridgehead atoms. The number of ether oxygens (including phenoxy) is 2. The van der Waals surface area contributed by atoms with Crippen LogP contribution >= 0.6 is 0 Å². The van der Waals surface area contributed by atoms with Crippen molar-refractivity contribution in [3.63, 3.8) is 0 Å². The van der Waals surface area contributed by atoms with Gasteiger partial charge in [-0.05, 0) is 13.3 Å². The summed E-state index contributed by atoms with van der Waals surface area (Å²) in [5.41, 5.74) is -7.96. The maximum absolute atomic E-state index is 12.4. The van der Waals surface area contributed by atoms with Crippen LogP contribution in [0.25, 0.3) is 0 Å². The van der Waals surface area contributed by atoms with Crippen LogP contribution in [0.15, 0.2) is 25.3 Å². The Kier molecular flexibility index (Phi) is 10.3. The minimum atomic E-state index is -5.60. The number of alkyl halides is 12. The molecule has 0 rings (SSSR count). The highest BCUT2D eigenvalue weighted by atomic mass is 19.4. The Bertz CT molecular complexity index is 485. The Balaban J connectivity index is 0. The van der Waals surface area contributed by atoms with Gasteiger partial charge < -0.3 is 9.47 Å². The number of halogens is 12. The fraction of sp³-hybridized carbons (Fsp3) is 0.733. The quantitative estimate of drug-likeness (QED) is 0.239. The first-order valence-corrected chi connectivity index (χ1v) is 7.30. The van der Waals surface area contributed by atoms with Crippen molar-refractivity contribution >= 4 is 0 Å². The normalized spacial score (nSPS) is 14.1. The van der Waals surface area contributed by atoms with E-state index in [1.165, 1.54) is 0 Å². The molecule has 0 amide bonds. The highest BCUT2D eigenvalue weighted by molar-refractivity contribution is 5.00. The fourth-order valence-corrected chi connectivity index (χ4v) is 1.66. The monoisotopic (exact) mass is 458 g/mol. The summed E-state index contributed by atoms with van der Waals surface area (Å²) in [6.45, 7) is 4.73. The van der Waals surface area contributed by atoms with Gasteiger partial charge in [-0.15, -0.1) is 13.2 Å². The van der Waals surface area contributed by atoms with Crippen molar-refractivity contribution in [2.75, 3.05) is 13.9 Å². The average Bonchev–Trinajstić information content (AvgIpc) is 2.47. The zero-order chi connectivity index (χ0) is 23.9. The van der Waals surface area contributed by atoms with Gasteiger partial charge in [0.25, 0.3) is 5.60 Å². The van der Waals surface area contributed by atoms with E-state index in [9.17, 15) is 52.7 Å². The van der Waals surface area contributed by atoms with Crippen molar-refractivity contribution in [1.82, 2.24) is 0 Å². The van der Waals surface area contributed by atoms with Crippen LogP contribution in [0.5, 0.6) is 0 Å². The fourth-order valence-electron chi connectivity index (χ4n) is 1.66. The molecule has 14 heteroatoms. The average molecular weight is 458 g/mol. The Morgan fingerprint density at radius 1 is 0.655 bits per heavy atom. The summed E-state index contributed by atoms with van der Waals surface area (Å²) in [5.74, 6) is 0. The molecule has 0 aromatic heterocycles. The topological polar surface area (TPSA) is 18.5 Å². The molecule has 0 unspecified atom stereocenters. The summed E-state index contributed by atoms with van der Waals surface area (Å²) < 4.78 is 155. The molecular weight excluding hydrogens is 440 g/mol. The lowest BCUT2D eigenvalue weighted by atomic mass is 9.85. The summed E-state index contributed by atoms with van der Waals surface area (Å²) in [6.07, 6.45) is -23.3. The predicted octanol–water partition coefficient (Wildman–Crippen LogP) is 6.74. The van der Waals surface area contributed by atoms with Gasteiger partial charge >= 0.3 is 24.7 Å². The zero-order valence-corrected chi connectivity index (χ0v) is 15.0. The Hall–Kier alpha value is -1.44. The first-order chi connectivity index (χ1) is 12.7. The molecule has 0 fully saturated rings. The maximum Gasteiger partial charge on any atom is 0.426 e. The number of rotatable bonds is 7. The first kappa shape index (κ1) is 29.8. The lowest BCUT2D eigenvalue weighted by Gasteiger charge is -2.35. The van der Waals surface area contributed by atoms with Crippen molar-refractivity contribution in [2.24, 2.45) is 5.41 Å². The minimum absolute atomic E-state index is 0.120. The van der Waals surface area contributed by atoms with Crippen LogP contribution in [0, 0.1) is 5.41 Å². The third-order valence-corrected chi connectivity index (χ3v) is 3.57. The Labute approximate surface area is 158 Å². The van der Waals surface area contributed by atoms with Gasteiger partial charge in [0, 0.05) is 13.5 Å². The van der Waals surface area contributed by atoms with Crippen LogP contribution < -0.4 is 0 Å². The smallest absolute Gasteiger partial charge is 0.359 e.